The summed E-state index contributed by atoms with van der Waals surface area (Å²) in [7, 11) is 0. The van der Waals surface area contributed by atoms with E-state index in [2.05, 4.69) is 5.32 Å². The second-order valence-electron chi connectivity index (χ2n) is 17.4. The van der Waals surface area contributed by atoms with Gasteiger partial charge in [-0.2, -0.15) is 13.2 Å². The van der Waals surface area contributed by atoms with Crippen LogP contribution in [0.3, 0.4) is 0 Å². The molecular formula is C47H53F3N4O7. The number of nitrogens with zero attached hydrogens (tertiary/aromatic N) is 3. The van der Waals surface area contributed by atoms with Crippen LogP contribution in [0.5, 0.6) is 5.75 Å². The van der Waals surface area contributed by atoms with Gasteiger partial charge < -0.3 is 34.6 Å². The summed E-state index contributed by atoms with van der Waals surface area (Å²) in [6, 6.07) is 25.7. The topological polar surface area (TPSA) is 129 Å². The van der Waals surface area contributed by atoms with Crippen molar-refractivity contribution in [2.24, 2.45) is 5.41 Å². The van der Waals surface area contributed by atoms with E-state index < -0.39 is 76.4 Å². The van der Waals surface area contributed by atoms with Gasteiger partial charge in [-0.15, -0.1) is 0 Å². The molecule has 1 fully saturated rings. The number of hydrogen-bond acceptors (Lipinski definition) is 6. The standard InChI is InChI=1S/C47H53F3N4O7/c1-29(2)54(39-34(21-23-53(44(58)59)40(39)45(3,4)5)33-20-14-19-32(25-33)31-17-12-9-13-18-31)41(55)35-26-37-38(27-36(35)47(48,49)50)61-46(6,7)42(56)52(37)24-22-51-43(57)60-28-30-15-10-8-11-16-30/h8-20,25-27,29,34,39-40H,21-24,28H2,1-7H3,(H,51,57)(H,58,59)/t34-,39-,40?/m1/s1. The zero-order valence-corrected chi connectivity index (χ0v) is 35.5. The molecule has 4 aromatic carbocycles. The monoisotopic (exact) mass is 842 g/mol. The lowest BCUT2D eigenvalue weighted by Gasteiger charge is -2.54. The van der Waals surface area contributed by atoms with Crippen LogP contribution in [0.25, 0.3) is 11.1 Å². The predicted octanol–water partition coefficient (Wildman–Crippen LogP) is 9.60. The summed E-state index contributed by atoms with van der Waals surface area (Å²) in [5.41, 5.74) is -1.05. The molecule has 2 heterocycles. The van der Waals surface area contributed by atoms with Gasteiger partial charge >= 0.3 is 18.4 Å². The Balaban J connectivity index is 1.43. The number of hydrogen-bond donors (Lipinski definition) is 2. The lowest BCUT2D eigenvalue weighted by Crippen LogP contribution is -2.66. The van der Waals surface area contributed by atoms with Crippen molar-refractivity contribution in [3.63, 3.8) is 0 Å². The number of likely N-dealkylation sites (tertiary alicyclic amines) is 1. The third-order valence-corrected chi connectivity index (χ3v) is 11.3. The van der Waals surface area contributed by atoms with Crippen LogP contribution in [-0.2, 0) is 22.3 Å². The van der Waals surface area contributed by atoms with E-state index in [1.807, 2.05) is 81.4 Å². The van der Waals surface area contributed by atoms with Crippen molar-refractivity contribution in [3.05, 3.63) is 119 Å². The smallest absolute Gasteiger partial charge is 0.417 e. The van der Waals surface area contributed by atoms with E-state index in [9.17, 15) is 19.5 Å². The summed E-state index contributed by atoms with van der Waals surface area (Å²) in [5.74, 6) is -2.35. The minimum absolute atomic E-state index is 0.00231. The van der Waals surface area contributed by atoms with Gasteiger partial charge in [0.15, 0.2) is 5.60 Å². The maximum atomic E-state index is 15.3. The molecular weight excluding hydrogens is 790 g/mol. The molecule has 11 nitrogen and oxygen atoms in total. The third kappa shape index (κ3) is 9.63. The fourth-order valence-corrected chi connectivity index (χ4v) is 8.62. The Bertz CT molecular complexity index is 2240. The van der Waals surface area contributed by atoms with Crippen LogP contribution in [0, 0.1) is 5.41 Å². The molecule has 61 heavy (non-hydrogen) atoms. The van der Waals surface area contributed by atoms with Gasteiger partial charge in [0, 0.05) is 31.6 Å². The molecule has 0 saturated carbocycles. The van der Waals surface area contributed by atoms with Crippen molar-refractivity contribution in [1.82, 2.24) is 15.1 Å². The van der Waals surface area contributed by atoms with Gasteiger partial charge in [0.05, 0.1) is 28.9 Å². The summed E-state index contributed by atoms with van der Waals surface area (Å²) in [4.78, 5) is 58.7. The third-order valence-electron chi connectivity index (χ3n) is 11.3. The van der Waals surface area contributed by atoms with E-state index in [0.29, 0.717) is 6.42 Å². The number of benzene rings is 4. The molecule has 0 aromatic heterocycles. The molecule has 1 unspecified atom stereocenters. The number of carbonyl (C=O) groups is 4. The first-order valence-electron chi connectivity index (χ1n) is 20.4. The Hall–Kier alpha value is -6.05. The molecule has 0 bridgehead atoms. The number of fused-ring (bicyclic) bond motifs is 1. The van der Waals surface area contributed by atoms with E-state index in [1.54, 1.807) is 38.1 Å². The summed E-state index contributed by atoms with van der Waals surface area (Å²) in [6.45, 7) is 11.6. The minimum atomic E-state index is -5.04. The van der Waals surface area contributed by atoms with Crippen LogP contribution in [0.2, 0.25) is 0 Å². The molecule has 3 atom stereocenters. The summed E-state index contributed by atoms with van der Waals surface area (Å²) in [5, 5.41) is 13.2. The fourth-order valence-electron chi connectivity index (χ4n) is 8.62. The first-order valence-corrected chi connectivity index (χ1v) is 20.4. The molecule has 14 heteroatoms. The van der Waals surface area contributed by atoms with Gasteiger partial charge in [0.25, 0.3) is 11.8 Å². The van der Waals surface area contributed by atoms with Gasteiger partial charge in [-0.1, -0.05) is 106 Å². The highest BCUT2D eigenvalue weighted by Gasteiger charge is 2.52. The second-order valence-corrected chi connectivity index (χ2v) is 17.4. The number of nitrogens with one attached hydrogen (secondary N) is 1. The number of alkyl carbamates (subject to hydrolysis) is 1. The van der Waals surface area contributed by atoms with Gasteiger partial charge in [-0.25, -0.2) is 9.59 Å². The van der Waals surface area contributed by atoms with Crippen molar-refractivity contribution in [2.75, 3.05) is 24.5 Å². The molecule has 2 aliphatic heterocycles. The summed E-state index contributed by atoms with van der Waals surface area (Å²) < 4.78 is 57.0. The molecule has 1 saturated heterocycles. The number of rotatable bonds is 10. The van der Waals surface area contributed by atoms with Gasteiger partial charge in [-0.3, -0.25) is 9.59 Å². The van der Waals surface area contributed by atoms with E-state index in [1.165, 1.54) is 28.5 Å². The number of alkyl halides is 3. The second kappa shape index (κ2) is 17.5. The summed E-state index contributed by atoms with van der Waals surface area (Å²) in [6.07, 6.45) is -6.71. The van der Waals surface area contributed by atoms with E-state index in [4.69, 9.17) is 9.47 Å². The average molecular weight is 843 g/mol. The van der Waals surface area contributed by atoms with Crippen LogP contribution >= 0.6 is 0 Å². The van der Waals surface area contributed by atoms with Crippen LogP contribution in [0.15, 0.2) is 97.1 Å². The lowest BCUT2D eigenvalue weighted by molar-refractivity contribution is -0.138. The van der Waals surface area contributed by atoms with Crippen LogP contribution in [0.1, 0.15) is 87.9 Å². The Kier molecular flexibility index (Phi) is 12.8. The normalized spacial score (nSPS) is 18.9. The number of amides is 4. The Labute approximate surface area is 354 Å². The first-order chi connectivity index (χ1) is 28.7. The van der Waals surface area contributed by atoms with Crippen molar-refractivity contribution < 1.29 is 46.9 Å². The number of carboxylic acid groups (broad SMARTS) is 1. The van der Waals surface area contributed by atoms with E-state index >= 15 is 18.0 Å². The van der Waals surface area contributed by atoms with E-state index in [0.717, 1.165) is 34.4 Å². The van der Waals surface area contributed by atoms with Crippen molar-refractivity contribution in [3.8, 4) is 16.9 Å². The van der Waals surface area contributed by atoms with Crippen LogP contribution < -0.4 is 15.0 Å². The van der Waals surface area contributed by atoms with Gasteiger partial charge in [0.1, 0.15) is 12.4 Å². The highest BCUT2D eigenvalue weighted by Crippen LogP contribution is 2.47. The maximum Gasteiger partial charge on any atom is 0.417 e. The Morgan fingerprint density at radius 1 is 0.934 bits per heavy atom. The molecule has 0 radical (unpaired) electrons. The number of carbonyl (C=O) groups excluding carboxylic acids is 3. The van der Waals surface area contributed by atoms with Crippen LogP contribution in [-0.4, -0.2) is 82.3 Å². The molecule has 4 amide bonds. The van der Waals surface area contributed by atoms with Crippen molar-refractivity contribution in [1.29, 1.82) is 0 Å². The zero-order chi connectivity index (χ0) is 44.4. The summed E-state index contributed by atoms with van der Waals surface area (Å²) >= 11 is 0. The number of anilines is 1. The first kappa shape index (κ1) is 44.5. The molecule has 0 aliphatic carbocycles. The lowest BCUT2D eigenvalue weighted by atomic mass is 9.70. The highest BCUT2D eigenvalue weighted by molar-refractivity contribution is 6.05. The fraction of sp³-hybridized carbons (Fsp3) is 0.404. The highest BCUT2D eigenvalue weighted by atomic mass is 19.4. The van der Waals surface area contributed by atoms with Gasteiger partial charge in [-0.05, 0) is 73.9 Å². The Morgan fingerprint density at radius 3 is 2.18 bits per heavy atom. The number of halogens is 3. The predicted molar refractivity (Wildman–Crippen MR) is 225 cm³/mol. The maximum absolute atomic E-state index is 15.3. The Morgan fingerprint density at radius 2 is 1.57 bits per heavy atom. The molecule has 2 aliphatic rings. The molecule has 4 aromatic rings. The zero-order valence-electron chi connectivity index (χ0n) is 35.5. The molecule has 324 valence electrons. The minimum Gasteiger partial charge on any atom is -0.476 e. The molecule has 0 spiro atoms. The van der Waals surface area contributed by atoms with E-state index in [-0.39, 0.29) is 37.7 Å². The largest absolute Gasteiger partial charge is 0.476 e. The average Bonchev–Trinajstić information content (AvgIpc) is 3.20. The van der Waals surface area contributed by atoms with Crippen molar-refractivity contribution >= 4 is 29.7 Å². The van der Waals surface area contributed by atoms with Gasteiger partial charge in [0.2, 0.25) is 0 Å². The van der Waals surface area contributed by atoms with Crippen LogP contribution in [0.4, 0.5) is 28.4 Å². The SMILES string of the molecule is CC(C)N(C(=O)c1cc2c(cc1C(F)(F)F)OC(C)(C)C(=O)N2CCNC(=O)OCc1ccccc1)[C@H]1C(C(C)(C)C)N(C(=O)O)CC[C@@H]1c1cccc(-c2ccccc2)c1. The number of piperidine rings is 1. The molecule has 6 rings (SSSR count). The quantitative estimate of drug-likeness (QED) is 0.163. The number of ether oxygens (including phenoxy) is 2. The van der Waals surface area contributed by atoms with Crippen molar-refractivity contribution in [2.45, 2.75) is 97.3 Å². The molecule has 2 N–H and O–H groups in total.